The summed E-state index contributed by atoms with van der Waals surface area (Å²) in [6.45, 7) is 7.72. The van der Waals surface area contributed by atoms with Crippen LogP contribution in [0, 0.1) is 13.8 Å². The van der Waals surface area contributed by atoms with Crippen molar-refractivity contribution in [3.8, 4) is 5.75 Å². The number of anilines is 1. The van der Waals surface area contributed by atoms with Crippen molar-refractivity contribution >= 4 is 17.5 Å². The maximum Gasteiger partial charge on any atom is 0.262 e. The number of hydrogen-bond donors (Lipinski definition) is 2. The molecule has 2 aromatic rings. The third-order valence-electron chi connectivity index (χ3n) is 3.77. The molecule has 0 saturated carbocycles. The van der Waals surface area contributed by atoms with Gasteiger partial charge in [-0.15, -0.1) is 6.58 Å². The van der Waals surface area contributed by atoms with E-state index in [2.05, 4.69) is 17.2 Å². The van der Waals surface area contributed by atoms with Gasteiger partial charge in [-0.1, -0.05) is 30.3 Å². The Balaban J connectivity index is 2.02. The molecule has 2 amide bonds. The first-order chi connectivity index (χ1) is 12.0. The first kappa shape index (κ1) is 18.3. The smallest absolute Gasteiger partial charge is 0.262 e. The summed E-state index contributed by atoms with van der Waals surface area (Å²) >= 11 is 0. The van der Waals surface area contributed by atoms with Crippen LogP contribution in [0.25, 0.3) is 0 Å². The number of carbonyl (C=O) groups is 2. The van der Waals surface area contributed by atoms with Gasteiger partial charge in [-0.05, 0) is 43.2 Å². The van der Waals surface area contributed by atoms with Crippen LogP contribution in [-0.2, 0) is 4.79 Å². The van der Waals surface area contributed by atoms with E-state index in [1.54, 1.807) is 30.3 Å². The van der Waals surface area contributed by atoms with Crippen molar-refractivity contribution < 1.29 is 14.3 Å². The van der Waals surface area contributed by atoms with Crippen LogP contribution in [0.4, 0.5) is 5.69 Å². The number of nitrogens with one attached hydrogen (secondary N) is 2. The molecule has 0 aliphatic rings. The highest BCUT2D eigenvalue weighted by Gasteiger charge is 2.13. The first-order valence-electron chi connectivity index (χ1n) is 8.00. The van der Waals surface area contributed by atoms with Gasteiger partial charge in [0.1, 0.15) is 5.75 Å². The van der Waals surface area contributed by atoms with Crippen LogP contribution in [-0.4, -0.2) is 25.0 Å². The van der Waals surface area contributed by atoms with E-state index in [1.165, 1.54) is 0 Å². The molecule has 0 aromatic heterocycles. The molecule has 0 saturated heterocycles. The summed E-state index contributed by atoms with van der Waals surface area (Å²) < 4.78 is 5.59. The van der Waals surface area contributed by atoms with E-state index in [4.69, 9.17) is 4.74 Å². The second-order valence-corrected chi connectivity index (χ2v) is 5.58. The fourth-order valence-corrected chi connectivity index (χ4v) is 2.26. The predicted molar refractivity (Wildman–Crippen MR) is 99.0 cm³/mol. The molecule has 0 radical (unpaired) electrons. The third-order valence-corrected chi connectivity index (χ3v) is 3.77. The quantitative estimate of drug-likeness (QED) is 0.762. The van der Waals surface area contributed by atoms with Gasteiger partial charge < -0.3 is 15.4 Å². The lowest BCUT2D eigenvalue weighted by Crippen LogP contribution is -2.26. The molecule has 0 unspecified atom stereocenters. The Morgan fingerprint density at radius 3 is 2.64 bits per heavy atom. The van der Waals surface area contributed by atoms with Gasteiger partial charge in [-0.3, -0.25) is 9.59 Å². The molecule has 0 aliphatic carbocycles. The van der Waals surface area contributed by atoms with Crippen molar-refractivity contribution in [1.29, 1.82) is 0 Å². The number of hydrogen-bond acceptors (Lipinski definition) is 3. The average Bonchev–Trinajstić information content (AvgIpc) is 2.61. The van der Waals surface area contributed by atoms with Crippen molar-refractivity contribution in [2.24, 2.45) is 0 Å². The number of carbonyl (C=O) groups excluding carboxylic acids is 2. The van der Waals surface area contributed by atoms with Gasteiger partial charge in [-0.25, -0.2) is 0 Å². The maximum absolute atomic E-state index is 12.2. The lowest BCUT2D eigenvalue weighted by molar-refractivity contribution is -0.118. The highest BCUT2D eigenvalue weighted by atomic mass is 16.5. The molecule has 2 N–H and O–H groups in total. The molecule has 0 atom stereocenters. The number of rotatable bonds is 7. The Bertz CT molecular complexity index is 784. The number of para-hydroxylation sites is 1. The molecular formula is C20H22N2O3. The normalized spacial score (nSPS) is 10.0. The number of amides is 2. The molecule has 0 heterocycles. The Labute approximate surface area is 147 Å². The van der Waals surface area contributed by atoms with E-state index in [1.807, 2.05) is 32.0 Å². The molecule has 2 aromatic carbocycles. The summed E-state index contributed by atoms with van der Waals surface area (Å²) in [7, 11) is 0. The minimum atomic E-state index is -0.329. The van der Waals surface area contributed by atoms with E-state index < -0.39 is 0 Å². The summed E-state index contributed by atoms with van der Waals surface area (Å²) in [5, 5.41) is 5.42. The van der Waals surface area contributed by atoms with Gasteiger partial charge in [0.2, 0.25) is 0 Å². The standard InChI is InChI=1S/C20H22N2O3/c1-4-12-21-20(24)16-9-5-6-10-17(16)22-19(23)13-25-18-11-7-8-14(2)15(18)3/h4-11H,1,12-13H2,2-3H3,(H,21,24)(H,22,23). The van der Waals surface area contributed by atoms with Gasteiger partial charge in [0.05, 0.1) is 11.3 Å². The fraction of sp³-hybridized carbons (Fsp3) is 0.200. The molecule has 5 nitrogen and oxygen atoms in total. The molecule has 130 valence electrons. The van der Waals surface area contributed by atoms with E-state index in [0.29, 0.717) is 23.5 Å². The molecule has 0 fully saturated rings. The third kappa shape index (κ3) is 4.94. The number of benzene rings is 2. The van der Waals surface area contributed by atoms with E-state index in [9.17, 15) is 9.59 Å². The largest absolute Gasteiger partial charge is 0.483 e. The average molecular weight is 338 g/mol. The van der Waals surface area contributed by atoms with Crippen molar-refractivity contribution in [2.75, 3.05) is 18.5 Å². The monoisotopic (exact) mass is 338 g/mol. The lowest BCUT2D eigenvalue weighted by atomic mass is 10.1. The Hall–Kier alpha value is -3.08. The highest BCUT2D eigenvalue weighted by molar-refractivity contribution is 6.04. The molecule has 0 bridgehead atoms. The zero-order valence-electron chi connectivity index (χ0n) is 14.5. The van der Waals surface area contributed by atoms with E-state index in [0.717, 1.165) is 11.1 Å². The Morgan fingerprint density at radius 1 is 1.12 bits per heavy atom. The van der Waals surface area contributed by atoms with Crippen LogP contribution in [0.3, 0.4) is 0 Å². The molecule has 0 aliphatic heterocycles. The van der Waals surface area contributed by atoms with E-state index >= 15 is 0 Å². The fourth-order valence-electron chi connectivity index (χ4n) is 2.26. The highest BCUT2D eigenvalue weighted by Crippen LogP contribution is 2.20. The predicted octanol–water partition coefficient (Wildman–Crippen LogP) is 3.24. The number of aryl methyl sites for hydroxylation is 1. The molecule has 0 spiro atoms. The van der Waals surface area contributed by atoms with Gasteiger partial charge in [-0.2, -0.15) is 0 Å². The molecular weight excluding hydrogens is 316 g/mol. The molecule has 5 heteroatoms. The van der Waals surface area contributed by atoms with Crippen LogP contribution < -0.4 is 15.4 Å². The summed E-state index contributed by atoms with van der Waals surface area (Å²) in [4.78, 5) is 24.3. The summed E-state index contributed by atoms with van der Waals surface area (Å²) in [5.74, 6) is 0.0725. The zero-order valence-corrected chi connectivity index (χ0v) is 14.5. The van der Waals surface area contributed by atoms with Gasteiger partial charge in [0.25, 0.3) is 11.8 Å². The van der Waals surface area contributed by atoms with Crippen LogP contribution >= 0.6 is 0 Å². The van der Waals surface area contributed by atoms with Crippen LogP contribution in [0.2, 0.25) is 0 Å². The van der Waals surface area contributed by atoms with Crippen molar-refractivity contribution in [3.05, 3.63) is 71.8 Å². The second-order valence-electron chi connectivity index (χ2n) is 5.58. The number of ether oxygens (including phenoxy) is 1. The molecule has 25 heavy (non-hydrogen) atoms. The first-order valence-corrected chi connectivity index (χ1v) is 8.00. The molecule has 2 rings (SSSR count). The van der Waals surface area contributed by atoms with Crippen LogP contribution in [0.15, 0.2) is 55.1 Å². The zero-order chi connectivity index (χ0) is 18.2. The SMILES string of the molecule is C=CCNC(=O)c1ccccc1NC(=O)COc1cccc(C)c1C. The maximum atomic E-state index is 12.2. The minimum Gasteiger partial charge on any atom is -0.483 e. The summed E-state index contributed by atoms with van der Waals surface area (Å²) in [6, 6.07) is 12.5. The topological polar surface area (TPSA) is 67.4 Å². The Kier molecular flexibility index (Phi) is 6.34. The van der Waals surface area contributed by atoms with Gasteiger partial charge in [0, 0.05) is 6.54 Å². The Morgan fingerprint density at radius 2 is 1.88 bits per heavy atom. The van der Waals surface area contributed by atoms with E-state index in [-0.39, 0.29) is 18.4 Å². The van der Waals surface area contributed by atoms with Crippen LogP contribution in [0.1, 0.15) is 21.5 Å². The van der Waals surface area contributed by atoms with Crippen LogP contribution in [0.5, 0.6) is 5.75 Å². The summed E-state index contributed by atoms with van der Waals surface area (Å²) in [5.41, 5.74) is 2.93. The van der Waals surface area contributed by atoms with Crippen molar-refractivity contribution in [3.63, 3.8) is 0 Å². The summed E-state index contributed by atoms with van der Waals surface area (Å²) in [6.07, 6.45) is 1.59. The van der Waals surface area contributed by atoms with Crippen molar-refractivity contribution in [2.45, 2.75) is 13.8 Å². The lowest BCUT2D eigenvalue weighted by Gasteiger charge is -2.13. The van der Waals surface area contributed by atoms with Gasteiger partial charge in [0.15, 0.2) is 6.61 Å². The van der Waals surface area contributed by atoms with Crippen molar-refractivity contribution in [1.82, 2.24) is 5.32 Å². The van der Waals surface area contributed by atoms with Gasteiger partial charge >= 0.3 is 0 Å². The minimum absolute atomic E-state index is 0.132. The second kappa shape index (κ2) is 8.68.